The highest BCUT2D eigenvalue weighted by Crippen LogP contribution is 2.36. The van der Waals surface area contributed by atoms with E-state index in [1.165, 1.54) is 42.8 Å². The molecule has 0 aliphatic carbocycles. The predicted octanol–water partition coefficient (Wildman–Crippen LogP) is 3.38. The Labute approximate surface area is 163 Å². The smallest absolute Gasteiger partial charge is 0.399 e. The lowest BCUT2D eigenvalue weighted by molar-refractivity contribution is 0.00578. The average molecular weight is 376 g/mol. The topological polar surface area (TPSA) is 33.7 Å². The molecule has 0 bridgehead atoms. The maximum atomic E-state index is 6.21. The molecular weight excluding hydrogens is 343 g/mol. The van der Waals surface area contributed by atoms with Crippen LogP contribution in [0.3, 0.4) is 0 Å². The van der Waals surface area contributed by atoms with Crippen LogP contribution in [0.2, 0.25) is 0 Å². The van der Waals surface area contributed by atoms with E-state index in [2.05, 4.69) is 62.4 Å². The van der Waals surface area contributed by atoms with Gasteiger partial charge in [-0.25, -0.2) is 0 Å². The van der Waals surface area contributed by atoms with Crippen molar-refractivity contribution in [2.45, 2.75) is 70.0 Å². The van der Waals surface area contributed by atoms with Gasteiger partial charge in [-0.1, -0.05) is 18.1 Å². The summed E-state index contributed by atoms with van der Waals surface area (Å²) in [6.45, 7) is 15.2. The number of piperidine rings is 1. The predicted molar refractivity (Wildman–Crippen MR) is 111 cm³/mol. The zero-order chi connectivity index (χ0) is 18.8. The number of hydrogen-bond acceptors (Lipinski definition) is 5. The molecule has 2 saturated heterocycles. The fraction of sp³-hybridized carbons (Fsp3) is 0.700. The minimum Gasteiger partial charge on any atom is -0.399 e. The third-order valence-corrected chi connectivity index (χ3v) is 6.59. The highest BCUT2D eigenvalue weighted by Gasteiger charge is 2.51. The molecule has 4 nitrogen and oxygen atoms in total. The Morgan fingerprint density at radius 3 is 2.35 bits per heavy atom. The number of aryl methyl sites for hydroxylation is 1. The molecule has 0 saturated carbocycles. The van der Waals surface area contributed by atoms with Crippen LogP contribution in [0.15, 0.2) is 23.1 Å². The lowest BCUT2D eigenvalue weighted by atomic mass is 9.78. The molecule has 1 aromatic carbocycles. The van der Waals surface area contributed by atoms with Crippen LogP contribution in [0.5, 0.6) is 0 Å². The molecule has 0 atom stereocenters. The van der Waals surface area contributed by atoms with E-state index in [1.54, 1.807) is 11.9 Å². The maximum Gasteiger partial charge on any atom is 0.494 e. The van der Waals surface area contributed by atoms with E-state index >= 15 is 0 Å². The van der Waals surface area contributed by atoms with Crippen molar-refractivity contribution in [3.8, 4) is 0 Å². The Morgan fingerprint density at radius 2 is 1.69 bits per heavy atom. The summed E-state index contributed by atoms with van der Waals surface area (Å²) in [5.74, 6) is 0. The second-order valence-electron chi connectivity index (χ2n) is 8.57. The lowest BCUT2D eigenvalue weighted by Gasteiger charge is -2.32. The maximum absolute atomic E-state index is 6.21. The fourth-order valence-electron chi connectivity index (χ4n) is 3.47. The van der Waals surface area contributed by atoms with Crippen molar-refractivity contribution >= 4 is 24.5 Å². The van der Waals surface area contributed by atoms with E-state index in [9.17, 15) is 0 Å². The van der Waals surface area contributed by atoms with Crippen LogP contribution in [0.25, 0.3) is 0 Å². The van der Waals surface area contributed by atoms with Crippen molar-refractivity contribution in [1.29, 1.82) is 0 Å². The number of hydrogen-bond donors (Lipinski definition) is 1. The molecule has 6 heteroatoms. The molecular formula is C20H33BN2O2S. The van der Waals surface area contributed by atoms with Gasteiger partial charge >= 0.3 is 7.12 Å². The van der Waals surface area contributed by atoms with Crippen LogP contribution >= 0.6 is 11.9 Å². The van der Waals surface area contributed by atoms with Crippen molar-refractivity contribution in [2.24, 2.45) is 0 Å². The quantitative estimate of drug-likeness (QED) is 0.468. The summed E-state index contributed by atoms with van der Waals surface area (Å²) in [4.78, 5) is 3.77. The Hall–Kier alpha value is -0.525. The SMILES string of the molecule is Cc1cc(SNCCN2CCCCC2)cc(B2OC(C)(C)C(C)(C)O2)c1. The summed E-state index contributed by atoms with van der Waals surface area (Å²) in [6.07, 6.45) is 4.09. The molecule has 0 radical (unpaired) electrons. The molecule has 0 spiro atoms. The minimum absolute atomic E-state index is 0.299. The molecule has 26 heavy (non-hydrogen) atoms. The highest BCUT2D eigenvalue weighted by molar-refractivity contribution is 7.97. The van der Waals surface area contributed by atoms with Crippen LogP contribution in [0.4, 0.5) is 0 Å². The van der Waals surface area contributed by atoms with Gasteiger partial charge in [0.1, 0.15) is 0 Å². The van der Waals surface area contributed by atoms with Gasteiger partial charge in [-0.15, -0.1) is 0 Å². The molecule has 2 fully saturated rings. The molecule has 2 aliphatic heterocycles. The number of rotatable bonds is 6. The summed E-state index contributed by atoms with van der Waals surface area (Å²) in [5.41, 5.74) is 1.73. The van der Waals surface area contributed by atoms with E-state index in [4.69, 9.17) is 9.31 Å². The van der Waals surface area contributed by atoms with Gasteiger partial charge in [0.2, 0.25) is 0 Å². The average Bonchev–Trinajstić information content (AvgIpc) is 2.80. The minimum atomic E-state index is -0.304. The zero-order valence-corrected chi connectivity index (χ0v) is 17.7. The van der Waals surface area contributed by atoms with Gasteiger partial charge in [-0.05, 0) is 90.1 Å². The van der Waals surface area contributed by atoms with E-state index in [0.717, 1.165) is 18.6 Å². The van der Waals surface area contributed by atoms with Gasteiger partial charge in [-0.2, -0.15) is 0 Å². The van der Waals surface area contributed by atoms with Gasteiger partial charge in [0.05, 0.1) is 11.2 Å². The van der Waals surface area contributed by atoms with E-state index in [1.807, 2.05) is 0 Å². The summed E-state index contributed by atoms with van der Waals surface area (Å²) in [7, 11) is -0.299. The number of nitrogens with zero attached hydrogens (tertiary/aromatic N) is 1. The van der Waals surface area contributed by atoms with Crippen LogP contribution in [-0.2, 0) is 9.31 Å². The first-order valence-electron chi connectivity index (χ1n) is 9.86. The van der Waals surface area contributed by atoms with Crippen molar-refractivity contribution in [2.75, 3.05) is 26.2 Å². The van der Waals surface area contributed by atoms with E-state index < -0.39 is 0 Å². The van der Waals surface area contributed by atoms with Crippen molar-refractivity contribution in [3.05, 3.63) is 23.8 Å². The van der Waals surface area contributed by atoms with Gasteiger partial charge in [-0.3, -0.25) is 4.72 Å². The van der Waals surface area contributed by atoms with Crippen molar-refractivity contribution in [3.63, 3.8) is 0 Å². The molecule has 0 aromatic heterocycles. The Bertz CT molecular complexity index is 602. The van der Waals surface area contributed by atoms with Crippen LogP contribution < -0.4 is 10.2 Å². The largest absolute Gasteiger partial charge is 0.494 e. The number of nitrogens with one attached hydrogen (secondary N) is 1. The number of likely N-dealkylation sites (tertiary alicyclic amines) is 1. The first-order chi connectivity index (χ1) is 12.3. The van der Waals surface area contributed by atoms with Crippen LogP contribution in [0.1, 0.15) is 52.5 Å². The zero-order valence-electron chi connectivity index (χ0n) is 16.9. The standard InChI is InChI=1S/C20H33BN2O2S/c1-16-13-17(21-24-19(2,3)20(4,5)25-21)15-18(14-16)26-22-9-12-23-10-7-6-8-11-23/h13-15,22H,6-12H2,1-5H3. The third kappa shape index (κ3) is 4.84. The van der Waals surface area contributed by atoms with Crippen LogP contribution in [0, 0.1) is 6.92 Å². The fourth-order valence-corrected chi connectivity index (χ4v) is 4.27. The van der Waals surface area contributed by atoms with Gasteiger partial charge in [0, 0.05) is 18.0 Å². The van der Waals surface area contributed by atoms with Gasteiger partial charge in [0.25, 0.3) is 0 Å². The Morgan fingerprint density at radius 1 is 1.04 bits per heavy atom. The Balaban J connectivity index is 1.56. The van der Waals surface area contributed by atoms with Crippen LogP contribution in [-0.4, -0.2) is 49.4 Å². The molecule has 2 heterocycles. The molecule has 144 valence electrons. The second kappa shape index (κ2) is 8.23. The normalized spacial score (nSPS) is 22.7. The summed E-state index contributed by atoms with van der Waals surface area (Å²) >= 11 is 1.71. The van der Waals surface area contributed by atoms with Crippen molar-refractivity contribution in [1.82, 2.24) is 9.62 Å². The third-order valence-electron chi connectivity index (χ3n) is 5.77. The summed E-state index contributed by atoms with van der Waals surface area (Å²) in [5, 5.41) is 0. The molecule has 2 aliphatic rings. The van der Waals surface area contributed by atoms with Crippen molar-refractivity contribution < 1.29 is 9.31 Å². The van der Waals surface area contributed by atoms with Gasteiger partial charge < -0.3 is 14.2 Å². The summed E-state index contributed by atoms with van der Waals surface area (Å²) < 4.78 is 15.9. The second-order valence-corrected chi connectivity index (χ2v) is 9.53. The molecule has 3 rings (SSSR count). The monoisotopic (exact) mass is 376 g/mol. The highest BCUT2D eigenvalue weighted by atomic mass is 32.2. The van der Waals surface area contributed by atoms with E-state index in [0.29, 0.717) is 0 Å². The summed E-state index contributed by atoms with van der Waals surface area (Å²) in [6, 6.07) is 6.57. The first kappa shape index (κ1) is 20.2. The van der Waals surface area contributed by atoms with E-state index in [-0.39, 0.29) is 18.3 Å². The molecule has 0 unspecified atom stereocenters. The molecule has 1 aromatic rings. The van der Waals surface area contributed by atoms with Gasteiger partial charge in [0.15, 0.2) is 0 Å². The molecule has 1 N–H and O–H groups in total. The lowest BCUT2D eigenvalue weighted by Crippen LogP contribution is -2.41. The first-order valence-corrected chi connectivity index (χ1v) is 10.7. The Kier molecular flexibility index (Phi) is 6.40. The molecule has 0 amide bonds. The number of benzene rings is 1.